The summed E-state index contributed by atoms with van der Waals surface area (Å²) in [6.07, 6.45) is 0. The predicted molar refractivity (Wildman–Crippen MR) is 67.6 cm³/mol. The number of hydrogen-bond acceptors (Lipinski definition) is 4. The van der Waals surface area contributed by atoms with Gasteiger partial charge in [-0.15, -0.1) is 0 Å². The molecule has 0 aliphatic heterocycles. The van der Waals surface area contributed by atoms with Crippen molar-refractivity contribution in [1.29, 1.82) is 0 Å². The van der Waals surface area contributed by atoms with Crippen molar-refractivity contribution in [3.8, 4) is 0 Å². The van der Waals surface area contributed by atoms with Crippen molar-refractivity contribution in [3.63, 3.8) is 0 Å². The normalized spacial score (nSPS) is 15.3. The Morgan fingerprint density at radius 2 is 1.89 bits per heavy atom. The lowest BCUT2D eigenvalue weighted by Crippen LogP contribution is -2.53. The number of nitrogens with one attached hydrogen (secondary N) is 1. The maximum Gasteiger partial charge on any atom is 0.328 e. The number of carbonyl (C=O) groups is 2. The van der Waals surface area contributed by atoms with E-state index in [9.17, 15) is 9.59 Å². The van der Waals surface area contributed by atoms with Crippen LogP contribution in [0.1, 0.15) is 19.4 Å². The third-order valence-electron chi connectivity index (χ3n) is 2.75. The van der Waals surface area contributed by atoms with E-state index in [0.29, 0.717) is 5.56 Å². The van der Waals surface area contributed by atoms with E-state index in [0.717, 1.165) is 0 Å². The smallest absolute Gasteiger partial charge is 0.328 e. The number of benzene rings is 1. The maximum atomic E-state index is 12.1. The fourth-order valence-corrected chi connectivity index (χ4v) is 1.50. The molecule has 1 aromatic rings. The van der Waals surface area contributed by atoms with Crippen molar-refractivity contribution in [3.05, 3.63) is 35.9 Å². The van der Waals surface area contributed by atoms with E-state index in [1.807, 2.05) is 6.07 Å². The minimum atomic E-state index is -1.19. The molecule has 0 fully saturated rings. The number of esters is 1. The first-order chi connectivity index (χ1) is 8.39. The Hall–Kier alpha value is -1.88. The lowest BCUT2D eigenvalue weighted by Gasteiger charge is -2.25. The zero-order chi connectivity index (χ0) is 13.8. The molecule has 98 valence electrons. The Balaban J connectivity index is 2.80. The summed E-state index contributed by atoms with van der Waals surface area (Å²) in [5, 5.41) is 2.53. The largest absolute Gasteiger partial charge is 0.467 e. The van der Waals surface area contributed by atoms with Crippen LogP contribution in [-0.4, -0.2) is 25.0 Å². The Kier molecular flexibility index (Phi) is 4.44. The molecular formula is C13H18N2O3. The summed E-state index contributed by atoms with van der Waals surface area (Å²) in [7, 11) is 1.27. The average molecular weight is 250 g/mol. The van der Waals surface area contributed by atoms with E-state index in [4.69, 9.17) is 5.73 Å². The molecule has 1 amide bonds. The standard InChI is InChI=1S/C13H18N2O3/c1-9(11(16)18-3)15-12(17)13(2,14)10-7-5-4-6-8-10/h4-9H,14H2,1-3H3,(H,15,17)/t9-,13?/m0/s1. The maximum absolute atomic E-state index is 12.1. The van der Waals surface area contributed by atoms with E-state index in [-0.39, 0.29) is 0 Å². The zero-order valence-corrected chi connectivity index (χ0v) is 10.8. The van der Waals surface area contributed by atoms with Gasteiger partial charge in [-0.25, -0.2) is 4.79 Å². The zero-order valence-electron chi connectivity index (χ0n) is 10.8. The average Bonchev–Trinajstić information content (AvgIpc) is 2.38. The first-order valence-corrected chi connectivity index (χ1v) is 5.62. The van der Waals surface area contributed by atoms with Crippen LogP contribution in [-0.2, 0) is 19.9 Å². The minimum absolute atomic E-state index is 0.424. The van der Waals surface area contributed by atoms with Gasteiger partial charge in [-0.3, -0.25) is 4.79 Å². The number of rotatable bonds is 4. The molecule has 0 spiro atoms. The highest BCUT2D eigenvalue weighted by atomic mass is 16.5. The molecule has 0 aromatic heterocycles. The van der Waals surface area contributed by atoms with Crippen molar-refractivity contribution >= 4 is 11.9 Å². The molecule has 0 bridgehead atoms. The van der Waals surface area contributed by atoms with Gasteiger partial charge >= 0.3 is 5.97 Å². The van der Waals surface area contributed by atoms with Crippen molar-refractivity contribution < 1.29 is 14.3 Å². The molecular weight excluding hydrogens is 232 g/mol. The van der Waals surface area contributed by atoms with Crippen LogP contribution >= 0.6 is 0 Å². The number of methoxy groups -OCH3 is 1. The Morgan fingerprint density at radius 3 is 2.39 bits per heavy atom. The minimum Gasteiger partial charge on any atom is -0.467 e. The second kappa shape index (κ2) is 5.64. The molecule has 0 heterocycles. The number of carbonyl (C=O) groups excluding carboxylic acids is 2. The quantitative estimate of drug-likeness (QED) is 0.764. The highest BCUT2D eigenvalue weighted by molar-refractivity contribution is 5.90. The van der Waals surface area contributed by atoms with E-state index in [2.05, 4.69) is 10.1 Å². The van der Waals surface area contributed by atoms with Crippen LogP contribution in [0.4, 0.5) is 0 Å². The third kappa shape index (κ3) is 3.07. The summed E-state index contributed by atoms with van der Waals surface area (Å²) in [4.78, 5) is 23.3. The first-order valence-electron chi connectivity index (χ1n) is 5.62. The lowest BCUT2D eigenvalue weighted by atomic mass is 9.92. The van der Waals surface area contributed by atoms with Gasteiger partial charge in [0.15, 0.2) is 0 Å². The molecule has 1 aromatic carbocycles. The Labute approximate surface area is 106 Å². The molecule has 1 unspecified atom stereocenters. The van der Waals surface area contributed by atoms with Crippen molar-refractivity contribution in [2.24, 2.45) is 5.73 Å². The Bertz CT molecular complexity index is 429. The van der Waals surface area contributed by atoms with Crippen LogP contribution in [0.15, 0.2) is 30.3 Å². The number of hydrogen-bond donors (Lipinski definition) is 2. The van der Waals surface area contributed by atoms with Crippen molar-refractivity contribution in [1.82, 2.24) is 5.32 Å². The summed E-state index contributed by atoms with van der Waals surface area (Å²) in [5.41, 5.74) is 5.50. The van der Waals surface area contributed by atoms with E-state index in [1.54, 1.807) is 38.1 Å². The van der Waals surface area contributed by atoms with Gasteiger partial charge in [0.2, 0.25) is 5.91 Å². The monoisotopic (exact) mass is 250 g/mol. The van der Waals surface area contributed by atoms with Gasteiger partial charge in [0.25, 0.3) is 0 Å². The second-order valence-corrected chi connectivity index (χ2v) is 4.29. The molecule has 1 rings (SSSR count). The molecule has 2 atom stereocenters. The number of ether oxygens (including phenoxy) is 1. The first kappa shape index (κ1) is 14.2. The van der Waals surface area contributed by atoms with Crippen LogP contribution in [0.3, 0.4) is 0 Å². The highest BCUT2D eigenvalue weighted by Gasteiger charge is 2.32. The molecule has 3 N–H and O–H groups in total. The number of amides is 1. The van der Waals surface area contributed by atoms with Crippen LogP contribution in [0.5, 0.6) is 0 Å². The van der Waals surface area contributed by atoms with Crippen LogP contribution in [0.25, 0.3) is 0 Å². The van der Waals surface area contributed by atoms with E-state index < -0.39 is 23.5 Å². The molecule has 0 aliphatic carbocycles. The highest BCUT2D eigenvalue weighted by Crippen LogP contribution is 2.17. The summed E-state index contributed by atoms with van der Waals surface area (Å²) >= 11 is 0. The van der Waals surface area contributed by atoms with Gasteiger partial charge in [0.05, 0.1) is 7.11 Å². The molecule has 0 saturated carbocycles. The third-order valence-corrected chi connectivity index (χ3v) is 2.75. The van der Waals surface area contributed by atoms with Gasteiger partial charge in [0, 0.05) is 0 Å². The van der Waals surface area contributed by atoms with Gasteiger partial charge in [-0.2, -0.15) is 0 Å². The summed E-state index contributed by atoms with van der Waals surface area (Å²) in [6.45, 7) is 3.15. The molecule has 5 nitrogen and oxygen atoms in total. The molecule has 0 saturated heterocycles. The SMILES string of the molecule is COC(=O)[C@H](C)NC(=O)C(C)(N)c1ccccc1. The van der Waals surface area contributed by atoms with Gasteiger partial charge < -0.3 is 15.8 Å². The summed E-state index contributed by atoms with van der Waals surface area (Å²) < 4.78 is 4.54. The topological polar surface area (TPSA) is 81.4 Å². The molecule has 5 heteroatoms. The second-order valence-electron chi connectivity index (χ2n) is 4.29. The van der Waals surface area contributed by atoms with E-state index >= 15 is 0 Å². The van der Waals surface area contributed by atoms with Gasteiger partial charge in [-0.1, -0.05) is 30.3 Å². The van der Waals surface area contributed by atoms with E-state index in [1.165, 1.54) is 7.11 Å². The fraction of sp³-hybridized carbons (Fsp3) is 0.385. The molecule has 0 aliphatic rings. The van der Waals surface area contributed by atoms with Crippen LogP contribution in [0.2, 0.25) is 0 Å². The molecule has 0 radical (unpaired) electrons. The lowest BCUT2D eigenvalue weighted by molar-refractivity contribution is -0.145. The van der Waals surface area contributed by atoms with Crippen molar-refractivity contribution in [2.75, 3.05) is 7.11 Å². The van der Waals surface area contributed by atoms with Crippen LogP contribution in [0, 0.1) is 0 Å². The molecule has 18 heavy (non-hydrogen) atoms. The Morgan fingerprint density at radius 1 is 1.33 bits per heavy atom. The number of nitrogens with two attached hydrogens (primary N) is 1. The summed E-state index contributed by atoms with van der Waals surface area (Å²) in [6, 6.07) is 8.25. The van der Waals surface area contributed by atoms with Crippen LogP contribution < -0.4 is 11.1 Å². The summed E-state index contributed by atoms with van der Waals surface area (Å²) in [5.74, 6) is -0.932. The van der Waals surface area contributed by atoms with Crippen molar-refractivity contribution in [2.45, 2.75) is 25.4 Å². The predicted octanol–water partition coefficient (Wildman–Crippen LogP) is 0.538. The fourth-order valence-electron chi connectivity index (χ4n) is 1.50. The van der Waals surface area contributed by atoms with Gasteiger partial charge in [0.1, 0.15) is 11.6 Å². The van der Waals surface area contributed by atoms with Gasteiger partial charge in [-0.05, 0) is 19.4 Å².